The predicted octanol–water partition coefficient (Wildman–Crippen LogP) is 3.25. The Morgan fingerprint density at radius 2 is 1.90 bits per heavy atom. The van der Waals surface area contributed by atoms with Gasteiger partial charge in [-0.05, 0) is 36.4 Å². The summed E-state index contributed by atoms with van der Waals surface area (Å²) in [4.78, 5) is 13.7. The summed E-state index contributed by atoms with van der Waals surface area (Å²) in [6, 6.07) is 15.2. The Balaban J connectivity index is 1.65. The Kier molecular flexibility index (Phi) is 4.10. The van der Waals surface area contributed by atoms with Crippen LogP contribution in [-0.4, -0.2) is 25.7 Å². The first kappa shape index (κ1) is 13.9. The van der Waals surface area contributed by atoms with E-state index in [0.29, 0.717) is 13.2 Å². The third kappa shape index (κ3) is 3.19. The van der Waals surface area contributed by atoms with Gasteiger partial charge in [0, 0.05) is 4.47 Å². The molecule has 0 aromatic heterocycles. The number of hydrogen-bond acceptors (Lipinski definition) is 3. The van der Waals surface area contributed by atoms with Crippen molar-refractivity contribution in [1.29, 1.82) is 0 Å². The van der Waals surface area contributed by atoms with E-state index in [0.717, 1.165) is 21.7 Å². The average Bonchev–Trinajstić information content (AvgIpc) is 2.51. The molecule has 1 amide bonds. The van der Waals surface area contributed by atoms with Gasteiger partial charge in [-0.2, -0.15) is 0 Å². The fourth-order valence-corrected chi connectivity index (χ4v) is 2.45. The molecule has 21 heavy (non-hydrogen) atoms. The van der Waals surface area contributed by atoms with Crippen molar-refractivity contribution >= 4 is 27.5 Å². The summed E-state index contributed by atoms with van der Waals surface area (Å²) in [5, 5.41) is 0. The van der Waals surface area contributed by atoms with Gasteiger partial charge in [0.1, 0.15) is 18.1 Å². The number of anilines is 1. The number of carbonyl (C=O) groups is 1. The van der Waals surface area contributed by atoms with Crippen LogP contribution in [0.2, 0.25) is 0 Å². The number of halogens is 1. The number of fused-ring (bicyclic) bond motifs is 1. The van der Waals surface area contributed by atoms with Gasteiger partial charge in [0.2, 0.25) is 0 Å². The summed E-state index contributed by atoms with van der Waals surface area (Å²) in [6.45, 7) is 1.01. The summed E-state index contributed by atoms with van der Waals surface area (Å²) in [5.41, 5.74) is 0.799. The number of para-hydroxylation sites is 2. The van der Waals surface area contributed by atoms with Crippen molar-refractivity contribution in [3.63, 3.8) is 0 Å². The molecule has 2 aromatic carbocycles. The molecular formula is C16H14BrNO3. The molecule has 3 rings (SSSR count). The van der Waals surface area contributed by atoms with Crippen LogP contribution >= 0.6 is 15.9 Å². The lowest BCUT2D eigenvalue weighted by Crippen LogP contribution is -2.41. The smallest absolute Gasteiger partial charge is 0.265 e. The van der Waals surface area contributed by atoms with Crippen molar-refractivity contribution in [2.45, 2.75) is 0 Å². The topological polar surface area (TPSA) is 38.8 Å². The van der Waals surface area contributed by atoms with E-state index in [1.807, 2.05) is 48.5 Å². The van der Waals surface area contributed by atoms with Crippen molar-refractivity contribution in [3.8, 4) is 11.5 Å². The predicted molar refractivity (Wildman–Crippen MR) is 83.9 cm³/mol. The number of hydrogen-bond donors (Lipinski definition) is 0. The van der Waals surface area contributed by atoms with Gasteiger partial charge in [-0.3, -0.25) is 4.79 Å². The molecule has 0 aliphatic carbocycles. The molecule has 0 fully saturated rings. The van der Waals surface area contributed by atoms with E-state index in [-0.39, 0.29) is 12.5 Å². The van der Waals surface area contributed by atoms with Crippen molar-refractivity contribution in [1.82, 2.24) is 0 Å². The van der Waals surface area contributed by atoms with Crippen LogP contribution in [0.5, 0.6) is 11.5 Å². The minimum Gasteiger partial charge on any atom is -0.492 e. The van der Waals surface area contributed by atoms with E-state index in [1.165, 1.54) is 0 Å². The molecule has 0 radical (unpaired) electrons. The zero-order valence-electron chi connectivity index (χ0n) is 11.3. The van der Waals surface area contributed by atoms with Gasteiger partial charge in [0.25, 0.3) is 5.91 Å². The zero-order chi connectivity index (χ0) is 14.7. The number of amides is 1. The van der Waals surface area contributed by atoms with Gasteiger partial charge in [-0.25, -0.2) is 0 Å². The molecular weight excluding hydrogens is 334 g/mol. The minimum atomic E-state index is -0.0480. The highest BCUT2D eigenvalue weighted by atomic mass is 79.9. The fourth-order valence-electron chi connectivity index (χ4n) is 2.18. The Hall–Kier alpha value is -2.01. The number of ether oxygens (including phenoxy) is 2. The Morgan fingerprint density at radius 1 is 1.14 bits per heavy atom. The number of nitrogens with zero attached hydrogens (tertiary/aromatic N) is 1. The lowest BCUT2D eigenvalue weighted by atomic mass is 10.2. The van der Waals surface area contributed by atoms with Crippen LogP contribution in [0, 0.1) is 0 Å². The quantitative estimate of drug-likeness (QED) is 0.852. The maximum absolute atomic E-state index is 12.0. The maximum Gasteiger partial charge on any atom is 0.265 e. The minimum absolute atomic E-state index is 0.0480. The van der Waals surface area contributed by atoms with Gasteiger partial charge in [0.15, 0.2) is 6.61 Å². The molecule has 4 nitrogen and oxygen atoms in total. The van der Waals surface area contributed by atoms with Gasteiger partial charge >= 0.3 is 0 Å². The summed E-state index contributed by atoms with van der Waals surface area (Å²) in [7, 11) is 0. The Morgan fingerprint density at radius 3 is 2.71 bits per heavy atom. The van der Waals surface area contributed by atoms with Crippen LogP contribution in [-0.2, 0) is 4.79 Å². The highest BCUT2D eigenvalue weighted by molar-refractivity contribution is 9.10. The largest absolute Gasteiger partial charge is 0.492 e. The number of benzene rings is 2. The molecule has 0 saturated heterocycles. The molecule has 0 spiro atoms. The second-order valence-corrected chi connectivity index (χ2v) is 5.52. The second kappa shape index (κ2) is 6.18. The molecule has 1 aliphatic heterocycles. The van der Waals surface area contributed by atoms with Crippen LogP contribution in [0.15, 0.2) is 53.0 Å². The standard InChI is InChI=1S/C16H14BrNO3/c17-12-5-7-13(8-6-12)20-10-9-18-14-3-1-2-4-15(14)21-11-16(18)19/h1-8H,9-11H2. The lowest BCUT2D eigenvalue weighted by molar-refractivity contribution is -0.121. The van der Waals surface area contributed by atoms with E-state index >= 15 is 0 Å². The SMILES string of the molecule is O=C1COc2ccccc2N1CCOc1ccc(Br)cc1. The van der Waals surface area contributed by atoms with Gasteiger partial charge < -0.3 is 14.4 Å². The molecule has 1 heterocycles. The number of rotatable bonds is 4. The van der Waals surface area contributed by atoms with Crippen molar-refractivity contribution in [2.75, 3.05) is 24.7 Å². The molecule has 5 heteroatoms. The van der Waals surface area contributed by atoms with Crippen LogP contribution in [0.3, 0.4) is 0 Å². The van der Waals surface area contributed by atoms with Crippen LogP contribution in [0.1, 0.15) is 0 Å². The van der Waals surface area contributed by atoms with E-state index in [2.05, 4.69) is 15.9 Å². The monoisotopic (exact) mass is 347 g/mol. The first-order chi connectivity index (χ1) is 10.2. The normalized spacial score (nSPS) is 13.6. The summed E-state index contributed by atoms with van der Waals surface area (Å²) >= 11 is 3.38. The van der Waals surface area contributed by atoms with Gasteiger partial charge in [-0.15, -0.1) is 0 Å². The van der Waals surface area contributed by atoms with E-state index in [4.69, 9.17) is 9.47 Å². The van der Waals surface area contributed by atoms with E-state index in [1.54, 1.807) is 4.90 Å². The molecule has 0 N–H and O–H groups in total. The van der Waals surface area contributed by atoms with Gasteiger partial charge in [0.05, 0.1) is 12.2 Å². The van der Waals surface area contributed by atoms with Crippen molar-refractivity contribution in [3.05, 3.63) is 53.0 Å². The van der Waals surface area contributed by atoms with Crippen LogP contribution < -0.4 is 14.4 Å². The highest BCUT2D eigenvalue weighted by Crippen LogP contribution is 2.31. The fraction of sp³-hybridized carbons (Fsp3) is 0.188. The number of carbonyl (C=O) groups excluding carboxylic acids is 1. The molecule has 0 saturated carbocycles. The third-order valence-electron chi connectivity index (χ3n) is 3.21. The Bertz CT molecular complexity index is 642. The highest BCUT2D eigenvalue weighted by Gasteiger charge is 2.24. The van der Waals surface area contributed by atoms with Crippen molar-refractivity contribution < 1.29 is 14.3 Å². The molecule has 2 aromatic rings. The molecule has 0 atom stereocenters. The second-order valence-electron chi connectivity index (χ2n) is 4.60. The first-order valence-corrected chi connectivity index (χ1v) is 7.44. The lowest BCUT2D eigenvalue weighted by Gasteiger charge is -2.29. The van der Waals surface area contributed by atoms with Crippen molar-refractivity contribution in [2.24, 2.45) is 0 Å². The van der Waals surface area contributed by atoms with Crippen LogP contribution in [0.25, 0.3) is 0 Å². The Labute approximate surface area is 131 Å². The van der Waals surface area contributed by atoms with E-state index < -0.39 is 0 Å². The van der Waals surface area contributed by atoms with Crippen LogP contribution in [0.4, 0.5) is 5.69 Å². The molecule has 0 bridgehead atoms. The summed E-state index contributed by atoms with van der Waals surface area (Å²) < 4.78 is 12.1. The summed E-state index contributed by atoms with van der Waals surface area (Å²) in [5.74, 6) is 1.47. The maximum atomic E-state index is 12.0. The molecule has 108 valence electrons. The first-order valence-electron chi connectivity index (χ1n) is 6.64. The van der Waals surface area contributed by atoms with E-state index in [9.17, 15) is 4.79 Å². The van der Waals surface area contributed by atoms with Gasteiger partial charge in [-0.1, -0.05) is 28.1 Å². The third-order valence-corrected chi connectivity index (χ3v) is 3.73. The molecule has 0 unspecified atom stereocenters. The average molecular weight is 348 g/mol. The zero-order valence-corrected chi connectivity index (χ0v) is 12.9. The molecule has 1 aliphatic rings. The summed E-state index contributed by atoms with van der Waals surface area (Å²) in [6.07, 6.45) is 0.